The van der Waals surface area contributed by atoms with Gasteiger partial charge >= 0.3 is 5.97 Å². The predicted octanol–water partition coefficient (Wildman–Crippen LogP) is 2.49. The molecule has 1 aromatic rings. The van der Waals surface area contributed by atoms with Crippen LogP contribution in [0, 0.1) is 34.0 Å². The van der Waals surface area contributed by atoms with Crippen LogP contribution in [-0.2, 0) is 9.53 Å². The van der Waals surface area contributed by atoms with Gasteiger partial charge in [0.15, 0.2) is 17.0 Å². The van der Waals surface area contributed by atoms with Crippen molar-refractivity contribution in [1.82, 2.24) is 9.97 Å². The van der Waals surface area contributed by atoms with Crippen LogP contribution < -0.4 is 0 Å². The molecule has 0 saturated carbocycles. The summed E-state index contributed by atoms with van der Waals surface area (Å²) in [6.45, 7) is 5.11. The summed E-state index contributed by atoms with van der Waals surface area (Å²) >= 11 is 2.11. The summed E-state index contributed by atoms with van der Waals surface area (Å²) in [5.74, 6) is -0.733. The zero-order valence-corrected chi connectivity index (χ0v) is 14.0. The van der Waals surface area contributed by atoms with Gasteiger partial charge in [0.05, 0.1) is 4.24 Å². The van der Waals surface area contributed by atoms with E-state index < -0.39 is 11.6 Å². The molecule has 2 rings (SSSR count). The van der Waals surface area contributed by atoms with Crippen molar-refractivity contribution in [1.29, 1.82) is 15.8 Å². The maximum absolute atomic E-state index is 12.1. The maximum atomic E-state index is 12.1. The first-order valence-electron chi connectivity index (χ1n) is 6.24. The van der Waals surface area contributed by atoms with Crippen molar-refractivity contribution in [3.63, 3.8) is 0 Å². The SMILES string of the molecule is CC(C)(C)OC(=O)C(C#N)=C1Sc2nc(C#N)c(C#N)nc2S1. The van der Waals surface area contributed by atoms with Crippen LogP contribution in [0.2, 0.25) is 0 Å². The van der Waals surface area contributed by atoms with Crippen molar-refractivity contribution in [2.24, 2.45) is 0 Å². The van der Waals surface area contributed by atoms with Crippen LogP contribution in [0.3, 0.4) is 0 Å². The van der Waals surface area contributed by atoms with Crippen LogP contribution in [0.25, 0.3) is 0 Å². The van der Waals surface area contributed by atoms with Crippen LogP contribution in [0.4, 0.5) is 0 Å². The van der Waals surface area contributed by atoms with Gasteiger partial charge in [-0.25, -0.2) is 14.8 Å². The normalized spacial score (nSPS) is 12.6. The van der Waals surface area contributed by atoms with Gasteiger partial charge in [0, 0.05) is 0 Å². The van der Waals surface area contributed by atoms with Crippen LogP contribution >= 0.6 is 23.5 Å². The molecule has 1 aliphatic heterocycles. The first-order chi connectivity index (χ1) is 10.8. The zero-order valence-electron chi connectivity index (χ0n) is 12.4. The Morgan fingerprint density at radius 1 is 1.04 bits per heavy atom. The van der Waals surface area contributed by atoms with E-state index in [9.17, 15) is 10.1 Å². The summed E-state index contributed by atoms with van der Waals surface area (Å²) in [5.41, 5.74) is -1.04. The highest BCUT2D eigenvalue weighted by atomic mass is 32.2. The number of aromatic nitrogens is 2. The molecule has 9 heteroatoms. The fourth-order valence-corrected chi connectivity index (χ4v) is 3.74. The third-order valence-corrected chi connectivity index (χ3v) is 4.71. The molecule has 0 bridgehead atoms. The van der Waals surface area contributed by atoms with Gasteiger partial charge < -0.3 is 4.74 Å². The quantitative estimate of drug-likeness (QED) is 0.429. The number of nitriles is 3. The standard InChI is InChI=1S/C14H9N5O2S2/c1-14(2,3)21-12(20)7(4-15)13-22-10-11(23-13)19-9(6-17)8(5-16)18-10/h1-3H3. The molecule has 0 N–H and O–H groups in total. The van der Waals surface area contributed by atoms with E-state index in [4.69, 9.17) is 15.3 Å². The summed E-state index contributed by atoms with van der Waals surface area (Å²) < 4.78 is 5.57. The molecule has 114 valence electrons. The number of nitrogens with zero attached hydrogens (tertiary/aromatic N) is 5. The minimum atomic E-state index is -0.733. The molecule has 23 heavy (non-hydrogen) atoms. The molecule has 7 nitrogen and oxygen atoms in total. The van der Waals surface area contributed by atoms with E-state index in [1.165, 1.54) is 0 Å². The van der Waals surface area contributed by atoms with Crippen molar-refractivity contribution in [2.75, 3.05) is 0 Å². The number of esters is 1. The molecule has 1 aliphatic rings. The van der Waals surface area contributed by atoms with Gasteiger partial charge in [0.25, 0.3) is 0 Å². The van der Waals surface area contributed by atoms with Gasteiger partial charge in [0.1, 0.15) is 33.9 Å². The van der Waals surface area contributed by atoms with E-state index >= 15 is 0 Å². The number of hydrogen-bond acceptors (Lipinski definition) is 9. The average molecular weight is 343 g/mol. The van der Waals surface area contributed by atoms with Gasteiger partial charge in [-0.1, -0.05) is 23.5 Å². The fourth-order valence-electron chi connectivity index (χ4n) is 1.50. The molecule has 0 radical (unpaired) electrons. The number of carbonyl (C=O) groups excluding carboxylic acids is 1. The topological polar surface area (TPSA) is 123 Å². The zero-order chi connectivity index (χ0) is 17.2. The van der Waals surface area contributed by atoms with Gasteiger partial charge in [0.2, 0.25) is 0 Å². The average Bonchev–Trinajstić information content (AvgIpc) is 2.86. The van der Waals surface area contributed by atoms with Gasteiger partial charge in [-0.05, 0) is 20.8 Å². The van der Waals surface area contributed by atoms with E-state index in [2.05, 4.69) is 9.97 Å². The smallest absolute Gasteiger partial charge is 0.351 e. The molecule has 0 aromatic carbocycles. The Bertz CT molecular complexity index is 805. The molecule has 1 aromatic heterocycles. The lowest BCUT2D eigenvalue weighted by atomic mass is 10.2. The molecule has 0 fully saturated rings. The molecule has 0 unspecified atom stereocenters. The Morgan fingerprint density at radius 3 is 1.87 bits per heavy atom. The molecule has 0 saturated heterocycles. The van der Waals surface area contributed by atoms with Crippen molar-refractivity contribution in [2.45, 2.75) is 36.4 Å². The summed E-state index contributed by atoms with van der Waals surface area (Å²) in [6, 6.07) is 5.43. The van der Waals surface area contributed by atoms with Gasteiger partial charge in [-0.2, -0.15) is 15.8 Å². The minimum absolute atomic E-state index is 0.0867. The summed E-state index contributed by atoms with van der Waals surface area (Å²) in [6.07, 6.45) is 0. The molecule has 2 heterocycles. The van der Waals surface area contributed by atoms with Crippen molar-refractivity contribution < 1.29 is 9.53 Å². The predicted molar refractivity (Wildman–Crippen MR) is 81.7 cm³/mol. The van der Waals surface area contributed by atoms with E-state index in [1.807, 2.05) is 6.07 Å². The van der Waals surface area contributed by atoms with Crippen LogP contribution in [0.15, 0.2) is 19.9 Å². The summed E-state index contributed by atoms with van der Waals surface area (Å²) in [4.78, 5) is 20.2. The molecule has 0 atom stereocenters. The lowest BCUT2D eigenvalue weighted by Gasteiger charge is -2.19. The summed E-state index contributed by atoms with van der Waals surface area (Å²) in [5, 5.41) is 27.9. The lowest BCUT2D eigenvalue weighted by molar-refractivity contribution is -0.149. The van der Waals surface area contributed by atoms with Crippen LogP contribution in [0.1, 0.15) is 32.2 Å². The monoisotopic (exact) mass is 343 g/mol. The van der Waals surface area contributed by atoms with E-state index in [-0.39, 0.29) is 17.0 Å². The highest BCUT2D eigenvalue weighted by Crippen LogP contribution is 2.50. The van der Waals surface area contributed by atoms with Crippen LogP contribution in [0.5, 0.6) is 0 Å². The number of fused-ring (bicyclic) bond motifs is 1. The second-order valence-corrected chi connectivity index (χ2v) is 7.49. The fraction of sp³-hybridized carbons (Fsp3) is 0.286. The third kappa shape index (κ3) is 3.62. The Kier molecular flexibility index (Phi) is 4.60. The van der Waals surface area contributed by atoms with Crippen molar-refractivity contribution >= 4 is 29.5 Å². The first-order valence-corrected chi connectivity index (χ1v) is 7.88. The van der Waals surface area contributed by atoms with Crippen molar-refractivity contribution in [3.8, 4) is 18.2 Å². The van der Waals surface area contributed by atoms with Crippen molar-refractivity contribution in [3.05, 3.63) is 21.2 Å². The Morgan fingerprint density at radius 2 is 1.52 bits per heavy atom. The molecule has 0 amide bonds. The van der Waals surface area contributed by atoms with Crippen LogP contribution in [-0.4, -0.2) is 21.5 Å². The van der Waals surface area contributed by atoms with Gasteiger partial charge in [-0.15, -0.1) is 0 Å². The molecule has 0 spiro atoms. The lowest BCUT2D eigenvalue weighted by Crippen LogP contribution is -2.24. The van der Waals surface area contributed by atoms with E-state index in [0.717, 1.165) is 23.5 Å². The molecule has 0 aliphatic carbocycles. The largest absolute Gasteiger partial charge is 0.456 e. The van der Waals surface area contributed by atoms with Gasteiger partial charge in [-0.3, -0.25) is 0 Å². The number of carbonyl (C=O) groups is 1. The van der Waals surface area contributed by atoms with E-state index in [1.54, 1.807) is 32.9 Å². The Labute approximate surface area is 141 Å². The second-order valence-electron chi connectivity index (χ2n) is 5.24. The van der Waals surface area contributed by atoms with E-state index in [0.29, 0.717) is 14.3 Å². The highest BCUT2D eigenvalue weighted by Gasteiger charge is 2.30. The number of hydrogen-bond donors (Lipinski definition) is 0. The molecular formula is C14H9N5O2S2. The Balaban J connectivity index is 2.41. The highest BCUT2D eigenvalue weighted by molar-refractivity contribution is 8.24. The Hall–Kier alpha value is -2.54. The number of ether oxygens (including phenoxy) is 1. The summed E-state index contributed by atoms with van der Waals surface area (Å²) in [7, 11) is 0. The second kappa shape index (κ2) is 6.29. The first kappa shape index (κ1) is 16.8. The minimum Gasteiger partial charge on any atom is -0.456 e. The molecular weight excluding hydrogens is 334 g/mol. The number of thioether (sulfide) groups is 2. The third-order valence-electron chi connectivity index (χ3n) is 2.34. The number of rotatable bonds is 1. The maximum Gasteiger partial charge on any atom is 0.351 e.